The van der Waals surface area contributed by atoms with Crippen LogP contribution in [0.25, 0.3) is 0 Å². The van der Waals surface area contributed by atoms with Crippen LogP contribution in [0.1, 0.15) is 57.9 Å². The minimum atomic E-state index is -0.427. The molecule has 5 rings (SSSR count). The quantitative estimate of drug-likeness (QED) is 0.250. The van der Waals surface area contributed by atoms with Crippen LogP contribution in [0.5, 0.6) is 0 Å². The summed E-state index contributed by atoms with van der Waals surface area (Å²) in [6, 6.07) is 18.7. The van der Waals surface area contributed by atoms with Crippen molar-refractivity contribution in [3.63, 3.8) is 0 Å². The number of nitro benzene ring substituents is 1. The van der Waals surface area contributed by atoms with Crippen molar-refractivity contribution in [2.45, 2.75) is 83.1 Å². The Morgan fingerprint density at radius 2 is 1.67 bits per heavy atom. The Morgan fingerprint density at radius 3 is 2.21 bits per heavy atom. The van der Waals surface area contributed by atoms with Crippen molar-refractivity contribution in [2.24, 2.45) is 5.92 Å². The number of nitrogens with zero attached hydrogens (tertiary/aromatic N) is 3. The minimum absolute atomic E-state index is 0.0144. The number of hydrogen-bond acceptors (Lipinski definition) is 7. The highest BCUT2D eigenvalue weighted by Gasteiger charge is 2.36. The van der Waals surface area contributed by atoms with Gasteiger partial charge in [-0.1, -0.05) is 48.5 Å². The maximum absolute atomic E-state index is 12.9. The number of benzene rings is 2. The lowest BCUT2D eigenvalue weighted by Gasteiger charge is -2.39. The summed E-state index contributed by atoms with van der Waals surface area (Å²) in [5, 5.41) is 17.3. The van der Waals surface area contributed by atoms with E-state index in [1.807, 2.05) is 55.1 Å². The average Bonchev–Trinajstić information content (AvgIpc) is 3.58. The first-order valence-electron chi connectivity index (χ1n) is 15.3. The van der Waals surface area contributed by atoms with E-state index >= 15 is 0 Å². The second-order valence-corrected chi connectivity index (χ2v) is 11.6. The van der Waals surface area contributed by atoms with Gasteiger partial charge in [-0.05, 0) is 57.4 Å². The molecule has 3 aliphatic rings. The second-order valence-electron chi connectivity index (χ2n) is 11.6. The van der Waals surface area contributed by atoms with Crippen LogP contribution < -0.4 is 10.6 Å². The molecule has 0 radical (unpaired) electrons. The largest absolute Gasteiger partial charge is 0.461 e. The number of amides is 2. The molecular weight excluding hydrogens is 534 g/mol. The van der Waals surface area contributed by atoms with Gasteiger partial charge in [0.15, 0.2) is 0 Å². The minimum Gasteiger partial charge on any atom is -0.461 e. The van der Waals surface area contributed by atoms with Gasteiger partial charge in [-0.3, -0.25) is 14.9 Å². The zero-order valence-electron chi connectivity index (χ0n) is 24.8. The number of rotatable bonds is 9. The van der Waals surface area contributed by atoms with Gasteiger partial charge in [0.2, 0.25) is 0 Å². The van der Waals surface area contributed by atoms with Gasteiger partial charge in [0, 0.05) is 63.4 Å². The smallest absolute Gasteiger partial charge is 0.323 e. The predicted molar refractivity (Wildman–Crippen MR) is 162 cm³/mol. The molecule has 1 saturated carbocycles. The summed E-state index contributed by atoms with van der Waals surface area (Å²) in [5.41, 5.74) is 0.882. The number of urea groups is 1. The average molecular weight is 580 g/mol. The Hall–Kier alpha value is -3.50. The Balaban J connectivity index is 0.000000600. The molecule has 228 valence electrons. The second kappa shape index (κ2) is 15.7. The summed E-state index contributed by atoms with van der Waals surface area (Å²) < 4.78 is 5.27. The lowest BCUT2D eigenvalue weighted by Crippen LogP contribution is -2.51. The summed E-state index contributed by atoms with van der Waals surface area (Å²) in [4.78, 5) is 39.6. The van der Waals surface area contributed by atoms with Crippen LogP contribution in [0.3, 0.4) is 0 Å². The van der Waals surface area contributed by atoms with Crippen molar-refractivity contribution in [3.8, 4) is 0 Å². The van der Waals surface area contributed by atoms with E-state index in [-0.39, 0.29) is 35.9 Å². The molecule has 2 aromatic rings. The molecule has 10 heteroatoms. The van der Waals surface area contributed by atoms with E-state index in [1.54, 1.807) is 12.1 Å². The molecule has 3 fully saturated rings. The lowest BCUT2D eigenvalue weighted by atomic mass is 10.0. The van der Waals surface area contributed by atoms with Gasteiger partial charge < -0.3 is 25.2 Å². The number of carbonyl (C=O) groups excluding carboxylic acids is 2. The van der Waals surface area contributed by atoms with Crippen LogP contribution in [-0.2, 0) is 16.1 Å². The maximum Gasteiger partial charge on any atom is 0.323 e. The first kappa shape index (κ1) is 31.4. The van der Waals surface area contributed by atoms with Gasteiger partial charge in [0.1, 0.15) is 12.1 Å². The van der Waals surface area contributed by atoms with Crippen LogP contribution in [-0.4, -0.2) is 77.1 Å². The third-order valence-electron chi connectivity index (χ3n) is 8.52. The number of piperidine rings is 1. The number of esters is 1. The SMILES string of the molecule is CCN(C(=O)NCc1ccc([N+](=O)[O-])cc1)C1CCN(CC2CCC(NC3CC(C)OC3=O)C2)CC1.c1ccccc1. The number of non-ortho nitro benzene ring substituents is 1. The molecule has 0 spiro atoms. The van der Waals surface area contributed by atoms with E-state index in [0.717, 1.165) is 57.3 Å². The Morgan fingerprint density at radius 1 is 1.02 bits per heavy atom. The van der Waals surface area contributed by atoms with Crippen LogP contribution in [0.2, 0.25) is 0 Å². The summed E-state index contributed by atoms with van der Waals surface area (Å²) in [6.45, 7) is 7.99. The molecule has 0 bridgehead atoms. The monoisotopic (exact) mass is 579 g/mol. The maximum atomic E-state index is 12.9. The molecule has 2 aromatic carbocycles. The fraction of sp³-hybridized carbons (Fsp3) is 0.562. The van der Waals surface area contributed by atoms with Crippen molar-refractivity contribution in [3.05, 3.63) is 76.3 Å². The lowest BCUT2D eigenvalue weighted by molar-refractivity contribution is -0.384. The summed E-state index contributed by atoms with van der Waals surface area (Å²) in [6.07, 6.45) is 6.09. The Kier molecular flexibility index (Phi) is 11.7. The van der Waals surface area contributed by atoms with E-state index in [4.69, 9.17) is 4.74 Å². The van der Waals surface area contributed by atoms with Crippen molar-refractivity contribution in [1.29, 1.82) is 0 Å². The molecule has 4 atom stereocenters. The fourth-order valence-electron chi connectivity index (χ4n) is 6.32. The van der Waals surface area contributed by atoms with Gasteiger partial charge in [-0.15, -0.1) is 0 Å². The van der Waals surface area contributed by atoms with Crippen LogP contribution in [0.15, 0.2) is 60.7 Å². The summed E-state index contributed by atoms with van der Waals surface area (Å²) >= 11 is 0. The van der Waals surface area contributed by atoms with Crippen molar-refractivity contribution < 1.29 is 19.2 Å². The third kappa shape index (κ3) is 9.25. The molecule has 2 N–H and O–H groups in total. The van der Waals surface area contributed by atoms with Gasteiger partial charge in [-0.2, -0.15) is 0 Å². The van der Waals surface area contributed by atoms with Gasteiger partial charge in [0.05, 0.1) is 4.92 Å². The standard InChI is InChI=1S/C26H39N5O5.C6H6/c1-3-30(26(33)27-16-19-5-8-23(9-6-19)31(34)35)22-10-12-29(13-11-22)17-20-4-7-21(15-20)28-24-14-18(2)36-25(24)32;1-2-4-6-5-3-1/h5-6,8-9,18,20-22,24,28H,3-4,7,10-17H2,1-2H3,(H,27,33);1-6H. The van der Waals surface area contributed by atoms with Crippen LogP contribution >= 0.6 is 0 Å². The molecule has 42 heavy (non-hydrogen) atoms. The number of nitro groups is 1. The highest BCUT2D eigenvalue weighted by Crippen LogP contribution is 2.29. The first-order valence-corrected chi connectivity index (χ1v) is 15.3. The molecule has 2 saturated heterocycles. The van der Waals surface area contributed by atoms with Gasteiger partial charge >= 0.3 is 12.0 Å². The van der Waals surface area contributed by atoms with E-state index in [1.165, 1.54) is 18.6 Å². The zero-order valence-corrected chi connectivity index (χ0v) is 24.8. The number of hydrogen-bond donors (Lipinski definition) is 2. The number of cyclic esters (lactones) is 1. The molecule has 0 aromatic heterocycles. The first-order chi connectivity index (χ1) is 20.3. The number of nitrogens with one attached hydrogen (secondary N) is 2. The highest BCUT2D eigenvalue weighted by molar-refractivity contribution is 5.78. The van der Waals surface area contributed by atoms with Gasteiger partial charge in [-0.25, -0.2) is 4.79 Å². The molecule has 2 heterocycles. The molecule has 1 aliphatic carbocycles. The Labute approximate surface area is 248 Å². The van der Waals surface area contributed by atoms with Crippen LogP contribution in [0, 0.1) is 16.0 Å². The number of ether oxygens (including phenoxy) is 1. The number of carbonyl (C=O) groups is 2. The topological polar surface area (TPSA) is 117 Å². The predicted octanol–water partition coefficient (Wildman–Crippen LogP) is 4.74. The summed E-state index contributed by atoms with van der Waals surface area (Å²) in [5.74, 6) is 0.534. The normalized spacial score (nSPS) is 24.4. The van der Waals surface area contributed by atoms with E-state index in [2.05, 4.69) is 15.5 Å². The molecule has 2 aliphatic heterocycles. The Bertz CT molecular complexity index is 1110. The molecule has 4 unspecified atom stereocenters. The molecule has 2 amide bonds. The molecule has 10 nitrogen and oxygen atoms in total. The van der Waals surface area contributed by atoms with Crippen molar-refractivity contribution in [1.82, 2.24) is 20.4 Å². The third-order valence-corrected chi connectivity index (χ3v) is 8.52. The molecular formula is C32H45N5O5. The van der Waals surface area contributed by atoms with Crippen molar-refractivity contribution >= 4 is 17.7 Å². The van der Waals surface area contributed by atoms with Crippen LogP contribution in [0.4, 0.5) is 10.5 Å². The van der Waals surface area contributed by atoms with E-state index in [0.29, 0.717) is 25.0 Å². The van der Waals surface area contributed by atoms with E-state index < -0.39 is 4.92 Å². The number of likely N-dealkylation sites (tertiary alicyclic amines) is 1. The fourth-order valence-corrected chi connectivity index (χ4v) is 6.32. The van der Waals surface area contributed by atoms with E-state index in [9.17, 15) is 19.7 Å². The van der Waals surface area contributed by atoms with Crippen molar-refractivity contribution in [2.75, 3.05) is 26.2 Å². The van der Waals surface area contributed by atoms with Gasteiger partial charge in [0.25, 0.3) is 5.69 Å². The zero-order chi connectivity index (χ0) is 29.9. The summed E-state index contributed by atoms with van der Waals surface area (Å²) in [7, 11) is 0. The highest BCUT2D eigenvalue weighted by atomic mass is 16.6.